The van der Waals surface area contributed by atoms with Gasteiger partial charge < -0.3 is 20.1 Å². The number of aromatic amines is 1. The largest absolute Gasteiger partial charge is 0.389 e. The molecule has 0 saturated carbocycles. The van der Waals surface area contributed by atoms with Crippen LogP contribution in [0.4, 0.5) is 0 Å². The highest BCUT2D eigenvalue weighted by Gasteiger charge is 2.26. The van der Waals surface area contributed by atoms with Crippen molar-refractivity contribution >= 4 is 16.8 Å². The molecule has 28 heavy (non-hydrogen) atoms. The fourth-order valence-corrected chi connectivity index (χ4v) is 3.42. The van der Waals surface area contributed by atoms with E-state index < -0.39 is 6.10 Å². The molecular weight excluding hydrogens is 358 g/mol. The van der Waals surface area contributed by atoms with Crippen LogP contribution in [0, 0.1) is 0 Å². The molecule has 144 valence electrons. The van der Waals surface area contributed by atoms with Gasteiger partial charge in [0.25, 0.3) is 5.91 Å². The topological polar surface area (TPSA) is 104 Å². The average Bonchev–Trinajstić information content (AvgIpc) is 2.71. The van der Waals surface area contributed by atoms with Gasteiger partial charge in [-0.05, 0) is 36.1 Å². The Morgan fingerprint density at radius 2 is 2.14 bits per heavy atom. The number of amides is 1. The van der Waals surface area contributed by atoms with E-state index in [1.54, 1.807) is 18.3 Å². The van der Waals surface area contributed by atoms with Crippen molar-refractivity contribution in [3.05, 3.63) is 75.8 Å². The van der Waals surface area contributed by atoms with E-state index in [1.165, 1.54) is 6.07 Å². The van der Waals surface area contributed by atoms with Crippen molar-refractivity contribution in [2.24, 2.45) is 0 Å². The normalized spacial score (nSPS) is 19.5. The summed E-state index contributed by atoms with van der Waals surface area (Å²) in [5.41, 5.74) is 2.75. The zero-order valence-electron chi connectivity index (χ0n) is 15.2. The number of fused-ring (bicyclic) bond motifs is 1. The van der Waals surface area contributed by atoms with E-state index in [1.807, 2.05) is 24.3 Å². The maximum Gasteiger partial charge on any atom is 0.270 e. The number of para-hydroxylation sites is 1. The summed E-state index contributed by atoms with van der Waals surface area (Å²) in [7, 11) is 0. The number of rotatable bonds is 4. The fourth-order valence-electron chi connectivity index (χ4n) is 3.42. The molecule has 1 fully saturated rings. The maximum atomic E-state index is 12.8. The van der Waals surface area contributed by atoms with Crippen molar-refractivity contribution in [2.45, 2.75) is 25.0 Å². The quantitative estimate of drug-likeness (QED) is 0.636. The number of aliphatic hydroxyl groups excluding tert-OH is 1. The fraction of sp³-hybridized carbons (Fsp3) is 0.286. The molecule has 4 rings (SSSR count). The van der Waals surface area contributed by atoms with Crippen LogP contribution in [-0.4, -0.2) is 46.3 Å². The van der Waals surface area contributed by atoms with Crippen LogP contribution in [0.1, 0.15) is 28.0 Å². The second-order valence-electron chi connectivity index (χ2n) is 6.93. The molecule has 3 N–H and O–H groups in total. The number of benzene rings is 1. The number of nitrogens with zero attached hydrogens (tertiary/aromatic N) is 1. The minimum absolute atomic E-state index is 0.154. The van der Waals surface area contributed by atoms with E-state index in [4.69, 9.17) is 4.74 Å². The lowest BCUT2D eigenvalue weighted by molar-refractivity contribution is -0.0261. The second-order valence-corrected chi connectivity index (χ2v) is 6.93. The van der Waals surface area contributed by atoms with Crippen molar-refractivity contribution in [3.63, 3.8) is 0 Å². The van der Waals surface area contributed by atoms with Gasteiger partial charge >= 0.3 is 0 Å². The van der Waals surface area contributed by atoms with Crippen molar-refractivity contribution in [2.75, 3.05) is 13.2 Å². The molecule has 3 aromatic rings. The Morgan fingerprint density at radius 3 is 2.93 bits per heavy atom. The summed E-state index contributed by atoms with van der Waals surface area (Å²) in [5, 5.41) is 13.8. The summed E-state index contributed by atoms with van der Waals surface area (Å²) in [6.07, 6.45) is 2.07. The van der Waals surface area contributed by atoms with Crippen molar-refractivity contribution in [1.29, 1.82) is 0 Å². The molecule has 2 unspecified atom stereocenters. The standard InChI is InChI=1S/C21H21N3O4/c25-19-12-28-8-7-17(19)24-21(27)18-10-14(9-13-5-6-20(26)22-11-13)15-3-1-2-4-16(15)23-18/h1-6,10-11,17,19,25H,7-9,12H2,(H,22,26)(H,24,27). The first-order valence-electron chi connectivity index (χ1n) is 9.23. The van der Waals surface area contributed by atoms with Crippen molar-refractivity contribution in [1.82, 2.24) is 15.3 Å². The number of carbonyl (C=O) groups is 1. The number of aliphatic hydroxyl groups is 1. The first kappa shape index (κ1) is 18.3. The van der Waals surface area contributed by atoms with Gasteiger partial charge in [-0.3, -0.25) is 9.59 Å². The van der Waals surface area contributed by atoms with Gasteiger partial charge in [0.1, 0.15) is 5.69 Å². The minimum atomic E-state index is -0.723. The Labute approximate surface area is 161 Å². The van der Waals surface area contributed by atoms with E-state index in [9.17, 15) is 14.7 Å². The number of hydrogen-bond acceptors (Lipinski definition) is 5. The van der Waals surface area contributed by atoms with Gasteiger partial charge in [-0.2, -0.15) is 0 Å². The highest BCUT2D eigenvalue weighted by Crippen LogP contribution is 2.21. The number of nitrogens with one attached hydrogen (secondary N) is 2. The number of carbonyl (C=O) groups excluding carboxylic acids is 1. The van der Waals surface area contributed by atoms with E-state index in [0.29, 0.717) is 25.1 Å². The smallest absolute Gasteiger partial charge is 0.270 e. The molecule has 0 aliphatic carbocycles. The van der Waals surface area contributed by atoms with Gasteiger partial charge in [-0.1, -0.05) is 24.3 Å². The monoisotopic (exact) mass is 379 g/mol. The van der Waals surface area contributed by atoms with E-state index in [-0.39, 0.29) is 24.1 Å². The molecule has 0 radical (unpaired) electrons. The first-order chi connectivity index (χ1) is 13.6. The van der Waals surface area contributed by atoms with Crippen molar-refractivity contribution < 1.29 is 14.6 Å². The maximum absolute atomic E-state index is 12.8. The zero-order chi connectivity index (χ0) is 19.5. The molecule has 7 nitrogen and oxygen atoms in total. The van der Waals surface area contributed by atoms with E-state index in [2.05, 4.69) is 15.3 Å². The minimum Gasteiger partial charge on any atom is -0.389 e. The van der Waals surface area contributed by atoms with Crippen LogP contribution < -0.4 is 10.9 Å². The molecule has 2 aromatic heterocycles. The lowest BCUT2D eigenvalue weighted by atomic mass is 10.0. The lowest BCUT2D eigenvalue weighted by Gasteiger charge is -2.28. The highest BCUT2D eigenvalue weighted by atomic mass is 16.5. The molecule has 1 aliphatic heterocycles. The molecule has 0 bridgehead atoms. The van der Waals surface area contributed by atoms with Crippen LogP contribution in [0.3, 0.4) is 0 Å². The lowest BCUT2D eigenvalue weighted by Crippen LogP contribution is -2.48. The summed E-state index contributed by atoms with van der Waals surface area (Å²) in [4.78, 5) is 31.3. The molecule has 3 heterocycles. The van der Waals surface area contributed by atoms with E-state index >= 15 is 0 Å². The third-order valence-electron chi connectivity index (χ3n) is 4.92. The molecule has 1 aliphatic rings. The molecular formula is C21H21N3O4. The SMILES string of the molecule is O=C(NC1CCOCC1O)c1cc(Cc2ccc(=O)[nH]c2)c2ccccc2n1. The number of hydrogen-bond donors (Lipinski definition) is 3. The molecule has 1 aromatic carbocycles. The number of ether oxygens (including phenoxy) is 1. The van der Waals surface area contributed by atoms with Crippen LogP contribution in [0.15, 0.2) is 53.5 Å². The van der Waals surface area contributed by atoms with Gasteiger partial charge in [-0.25, -0.2) is 4.98 Å². The highest BCUT2D eigenvalue weighted by molar-refractivity contribution is 5.96. The second kappa shape index (κ2) is 7.92. The Morgan fingerprint density at radius 1 is 1.29 bits per heavy atom. The first-order valence-corrected chi connectivity index (χ1v) is 9.23. The summed E-state index contributed by atoms with van der Waals surface area (Å²) in [6.45, 7) is 0.720. The Balaban J connectivity index is 1.66. The molecule has 0 spiro atoms. The Bertz CT molecular complexity index is 1040. The van der Waals surface area contributed by atoms with Crippen LogP contribution in [0.25, 0.3) is 10.9 Å². The van der Waals surface area contributed by atoms with Crippen LogP contribution in [0.5, 0.6) is 0 Å². The molecule has 1 saturated heterocycles. The zero-order valence-corrected chi connectivity index (χ0v) is 15.2. The van der Waals surface area contributed by atoms with E-state index in [0.717, 1.165) is 22.0 Å². The summed E-state index contributed by atoms with van der Waals surface area (Å²) >= 11 is 0. The van der Waals surface area contributed by atoms with Gasteiger partial charge in [0.2, 0.25) is 5.56 Å². The van der Waals surface area contributed by atoms with Crippen LogP contribution >= 0.6 is 0 Å². The number of H-pyrrole nitrogens is 1. The Kier molecular flexibility index (Phi) is 5.18. The average molecular weight is 379 g/mol. The van der Waals surface area contributed by atoms with Gasteiger partial charge in [0.05, 0.1) is 24.3 Å². The van der Waals surface area contributed by atoms with Gasteiger partial charge in [-0.15, -0.1) is 0 Å². The van der Waals surface area contributed by atoms with Crippen molar-refractivity contribution in [3.8, 4) is 0 Å². The Hall–Kier alpha value is -3.03. The summed E-state index contributed by atoms with van der Waals surface area (Å²) < 4.78 is 5.21. The summed E-state index contributed by atoms with van der Waals surface area (Å²) in [5.74, 6) is -0.320. The predicted molar refractivity (Wildman–Crippen MR) is 104 cm³/mol. The predicted octanol–water partition coefficient (Wildman–Crippen LogP) is 1.39. The summed E-state index contributed by atoms with van der Waals surface area (Å²) in [6, 6.07) is 12.3. The molecule has 1 amide bonds. The number of aromatic nitrogens is 2. The van der Waals surface area contributed by atoms with Gasteiger partial charge in [0.15, 0.2) is 0 Å². The third-order valence-corrected chi connectivity index (χ3v) is 4.92. The molecule has 7 heteroatoms. The molecule has 2 atom stereocenters. The number of pyridine rings is 2. The van der Waals surface area contributed by atoms with Crippen LogP contribution in [0.2, 0.25) is 0 Å². The third kappa shape index (κ3) is 3.95. The van der Waals surface area contributed by atoms with Gasteiger partial charge in [0, 0.05) is 24.3 Å². The van der Waals surface area contributed by atoms with Crippen LogP contribution in [-0.2, 0) is 11.2 Å².